The van der Waals surface area contributed by atoms with Crippen molar-refractivity contribution < 1.29 is 9.53 Å². The van der Waals surface area contributed by atoms with Crippen LogP contribution >= 0.6 is 0 Å². The summed E-state index contributed by atoms with van der Waals surface area (Å²) < 4.78 is 5.24. The summed E-state index contributed by atoms with van der Waals surface area (Å²) in [5.41, 5.74) is 0. The summed E-state index contributed by atoms with van der Waals surface area (Å²) in [7, 11) is 0. The highest BCUT2D eigenvalue weighted by Gasteiger charge is 2.24. The Kier molecular flexibility index (Phi) is 4.26. The second-order valence-electron chi connectivity index (χ2n) is 4.12. The van der Waals surface area contributed by atoms with Crippen LogP contribution in [0.3, 0.4) is 0 Å². The average Bonchev–Trinajstić information content (AvgIpc) is 2.66. The van der Waals surface area contributed by atoms with Gasteiger partial charge in [0.1, 0.15) is 0 Å². The van der Waals surface area contributed by atoms with Gasteiger partial charge in [0.15, 0.2) is 0 Å². The molecule has 1 aliphatic carbocycles. The molecule has 0 bridgehead atoms. The van der Waals surface area contributed by atoms with Gasteiger partial charge in [-0.2, -0.15) is 0 Å². The van der Waals surface area contributed by atoms with Crippen molar-refractivity contribution in [3.05, 3.63) is 0 Å². The molecule has 13 heavy (non-hydrogen) atoms. The highest BCUT2D eigenvalue weighted by atomic mass is 16.5. The Morgan fingerprint density at radius 1 is 1.46 bits per heavy atom. The SMILES string of the molecule is CCC(C)COC(=O)C1CCCC1. The van der Waals surface area contributed by atoms with Gasteiger partial charge in [0, 0.05) is 0 Å². The predicted molar refractivity (Wildman–Crippen MR) is 52.4 cm³/mol. The molecule has 0 radical (unpaired) electrons. The van der Waals surface area contributed by atoms with E-state index in [4.69, 9.17) is 4.74 Å². The molecule has 1 rings (SSSR count). The summed E-state index contributed by atoms with van der Waals surface area (Å²) in [6, 6.07) is 0. The van der Waals surface area contributed by atoms with Gasteiger partial charge in [0.05, 0.1) is 12.5 Å². The first-order valence-electron chi connectivity index (χ1n) is 5.40. The van der Waals surface area contributed by atoms with Crippen LogP contribution in [0.25, 0.3) is 0 Å². The zero-order valence-corrected chi connectivity index (χ0v) is 8.71. The zero-order chi connectivity index (χ0) is 9.68. The molecule has 1 saturated carbocycles. The molecule has 0 heterocycles. The van der Waals surface area contributed by atoms with Gasteiger partial charge in [-0.3, -0.25) is 4.79 Å². The van der Waals surface area contributed by atoms with E-state index in [0.717, 1.165) is 19.3 Å². The molecule has 0 aromatic rings. The maximum atomic E-state index is 11.4. The van der Waals surface area contributed by atoms with Crippen molar-refractivity contribution in [2.75, 3.05) is 6.61 Å². The van der Waals surface area contributed by atoms with Crippen LogP contribution in [0.5, 0.6) is 0 Å². The molecule has 0 spiro atoms. The Labute approximate surface area is 80.7 Å². The summed E-state index contributed by atoms with van der Waals surface area (Å²) in [4.78, 5) is 11.4. The van der Waals surface area contributed by atoms with Crippen LogP contribution in [0.1, 0.15) is 46.0 Å². The highest BCUT2D eigenvalue weighted by Crippen LogP contribution is 2.25. The maximum Gasteiger partial charge on any atom is 0.308 e. The van der Waals surface area contributed by atoms with Crippen molar-refractivity contribution in [2.45, 2.75) is 46.0 Å². The lowest BCUT2D eigenvalue weighted by atomic mass is 10.1. The van der Waals surface area contributed by atoms with Gasteiger partial charge in [-0.15, -0.1) is 0 Å². The second-order valence-corrected chi connectivity index (χ2v) is 4.12. The minimum Gasteiger partial charge on any atom is -0.465 e. The lowest BCUT2D eigenvalue weighted by Crippen LogP contribution is -2.18. The molecule has 1 aliphatic rings. The average molecular weight is 184 g/mol. The first-order chi connectivity index (χ1) is 6.24. The topological polar surface area (TPSA) is 26.3 Å². The summed E-state index contributed by atoms with van der Waals surface area (Å²) in [6.45, 7) is 4.84. The fourth-order valence-electron chi connectivity index (χ4n) is 1.62. The van der Waals surface area contributed by atoms with Gasteiger partial charge in [-0.25, -0.2) is 0 Å². The molecule has 0 aromatic carbocycles. The summed E-state index contributed by atoms with van der Waals surface area (Å²) >= 11 is 0. The summed E-state index contributed by atoms with van der Waals surface area (Å²) in [5.74, 6) is 0.757. The lowest BCUT2D eigenvalue weighted by molar-refractivity contribution is -0.149. The smallest absolute Gasteiger partial charge is 0.308 e. The first-order valence-corrected chi connectivity index (χ1v) is 5.40. The molecular formula is C11H20O2. The van der Waals surface area contributed by atoms with Crippen LogP contribution in [0.15, 0.2) is 0 Å². The zero-order valence-electron chi connectivity index (χ0n) is 8.71. The van der Waals surface area contributed by atoms with Crippen LogP contribution in [-0.2, 0) is 9.53 Å². The van der Waals surface area contributed by atoms with Crippen molar-refractivity contribution in [2.24, 2.45) is 11.8 Å². The molecule has 0 N–H and O–H groups in total. The first kappa shape index (κ1) is 10.6. The maximum absolute atomic E-state index is 11.4. The minimum absolute atomic E-state index is 0.0396. The standard InChI is InChI=1S/C11H20O2/c1-3-9(2)8-13-11(12)10-6-4-5-7-10/h9-10H,3-8H2,1-2H3. The van der Waals surface area contributed by atoms with E-state index in [2.05, 4.69) is 13.8 Å². The van der Waals surface area contributed by atoms with E-state index in [0.29, 0.717) is 12.5 Å². The molecule has 0 aromatic heterocycles. The molecule has 1 atom stereocenters. The van der Waals surface area contributed by atoms with E-state index in [-0.39, 0.29) is 11.9 Å². The quantitative estimate of drug-likeness (QED) is 0.628. The van der Waals surface area contributed by atoms with Crippen LogP contribution in [0.2, 0.25) is 0 Å². The van der Waals surface area contributed by atoms with E-state index in [9.17, 15) is 4.79 Å². The van der Waals surface area contributed by atoms with Crippen molar-refractivity contribution in [3.8, 4) is 0 Å². The summed E-state index contributed by atoms with van der Waals surface area (Å²) in [6.07, 6.45) is 5.56. The van der Waals surface area contributed by atoms with Crippen molar-refractivity contribution in [1.82, 2.24) is 0 Å². The van der Waals surface area contributed by atoms with Gasteiger partial charge in [0.2, 0.25) is 0 Å². The molecule has 2 nitrogen and oxygen atoms in total. The van der Waals surface area contributed by atoms with Crippen LogP contribution in [-0.4, -0.2) is 12.6 Å². The van der Waals surface area contributed by atoms with Gasteiger partial charge in [-0.05, 0) is 18.8 Å². The number of carbonyl (C=O) groups excluding carboxylic acids is 1. The van der Waals surface area contributed by atoms with Crippen molar-refractivity contribution in [1.29, 1.82) is 0 Å². The Hall–Kier alpha value is -0.530. The van der Waals surface area contributed by atoms with Gasteiger partial charge in [-0.1, -0.05) is 33.1 Å². The molecule has 76 valence electrons. The molecule has 1 fully saturated rings. The Morgan fingerprint density at radius 2 is 2.08 bits per heavy atom. The predicted octanol–water partition coefficient (Wildman–Crippen LogP) is 2.77. The number of ether oxygens (including phenoxy) is 1. The van der Waals surface area contributed by atoms with E-state index < -0.39 is 0 Å². The summed E-state index contributed by atoms with van der Waals surface area (Å²) in [5, 5.41) is 0. The second kappa shape index (κ2) is 5.25. The van der Waals surface area contributed by atoms with Crippen LogP contribution in [0.4, 0.5) is 0 Å². The van der Waals surface area contributed by atoms with Gasteiger partial charge >= 0.3 is 5.97 Å². The number of carbonyl (C=O) groups is 1. The Balaban J connectivity index is 2.16. The van der Waals surface area contributed by atoms with Gasteiger partial charge < -0.3 is 4.74 Å². The van der Waals surface area contributed by atoms with E-state index in [1.807, 2.05) is 0 Å². The third-order valence-electron chi connectivity index (χ3n) is 2.90. The molecule has 0 saturated heterocycles. The highest BCUT2D eigenvalue weighted by molar-refractivity contribution is 5.72. The van der Waals surface area contributed by atoms with Crippen molar-refractivity contribution >= 4 is 5.97 Å². The molecule has 0 aliphatic heterocycles. The Bertz CT molecular complexity index is 159. The number of rotatable bonds is 4. The molecule has 0 amide bonds. The molecule has 1 unspecified atom stereocenters. The number of hydrogen-bond acceptors (Lipinski definition) is 2. The van der Waals surface area contributed by atoms with E-state index >= 15 is 0 Å². The fraction of sp³-hybridized carbons (Fsp3) is 0.909. The lowest BCUT2D eigenvalue weighted by Gasteiger charge is -2.12. The van der Waals surface area contributed by atoms with E-state index in [1.54, 1.807) is 0 Å². The van der Waals surface area contributed by atoms with Crippen LogP contribution in [0, 0.1) is 11.8 Å². The van der Waals surface area contributed by atoms with Gasteiger partial charge in [0.25, 0.3) is 0 Å². The number of hydrogen-bond donors (Lipinski definition) is 0. The number of esters is 1. The normalized spacial score (nSPS) is 20.2. The fourth-order valence-corrected chi connectivity index (χ4v) is 1.62. The molecular weight excluding hydrogens is 164 g/mol. The third kappa shape index (κ3) is 3.37. The van der Waals surface area contributed by atoms with Crippen LogP contribution < -0.4 is 0 Å². The van der Waals surface area contributed by atoms with E-state index in [1.165, 1.54) is 12.8 Å². The largest absolute Gasteiger partial charge is 0.465 e. The van der Waals surface area contributed by atoms with Crippen molar-refractivity contribution in [3.63, 3.8) is 0 Å². The minimum atomic E-state index is 0.0396. The molecule has 2 heteroatoms. The monoisotopic (exact) mass is 184 g/mol. The Morgan fingerprint density at radius 3 is 2.62 bits per heavy atom. The third-order valence-corrected chi connectivity index (χ3v) is 2.90.